The third-order valence-electron chi connectivity index (χ3n) is 4.84. The van der Waals surface area contributed by atoms with Crippen LogP contribution in [0.25, 0.3) is 0 Å². The summed E-state index contributed by atoms with van der Waals surface area (Å²) in [6, 6.07) is 27.9. The van der Waals surface area contributed by atoms with E-state index in [1.54, 1.807) is 0 Å². The zero-order chi connectivity index (χ0) is 18.9. The first-order valence-electron chi connectivity index (χ1n) is 9.74. The summed E-state index contributed by atoms with van der Waals surface area (Å²) in [7, 11) is 0. The lowest BCUT2D eigenvalue weighted by Crippen LogP contribution is -2.26. The van der Waals surface area contributed by atoms with Crippen LogP contribution in [0, 0.1) is 6.92 Å². The number of hydrogen-bond acceptors (Lipinski definition) is 2. The maximum absolute atomic E-state index is 6.08. The lowest BCUT2D eigenvalue weighted by atomic mass is 10.1. The van der Waals surface area contributed by atoms with E-state index in [2.05, 4.69) is 92.0 Å². The van der Waals surface area contributed by atoms with Gasteiger partial charge in [0.15, 0.2) is 0 Å². The zero-order valence-corrected chi connectivity index (χ0v) is 16.3. The minimum absolute atomic E-state index is 0.454. The van der Waals surface area contributed by atoms with Gasteiger partial charge in [0.2, 0.25) is 0 Å². The fourth-order valence-electron chi connectivity index (χ4n) is 3.05. The Morgan fingerprint density at radius 1 is 0.815 bits per heavy atom. The van der Waals surface area contributed by atoms with Crippen molar-refractivity contribution in [3.8, 4) is 5.75 Å². The van der Waals surface area contributed by atoms with Crippen molar-refractivity contribution < 1.29 is 4.74 Å². The monoisotopic (exact) mass is 359 g/mol. The zero-order valence-electron chi connectivity index (χ0n) is 16.3. The van der Waals surface area contributed by atoms with Gasteiger partial charge in [-0.05, 0) is 43.9 Å². The molecule has 2 nitrogen and oxygen atoms in total. The summed E-state index contributed by atoms with van der Waals surface area (Å²) in [6.45, 7) is 5.77. The average Bonchev–Trinajstić information content (AvgIpc) is 2.71. The Balaban J connectivity index is 1.50. The largest absolute Gasteiger partial charge is 0.489 e. The molecule has 1 N–H and O–H groups in total. The van der Waals surface area contributed by atoms with Gasteiger partial charge < -0.3 is 10.1 Å². The summed E-state index contributed by atoms with van der Waals surface area (Å²) >= 11 is 0. The SMILES string of the molecule is Cc1ccc(COc2ccccc2CN[C@@H](C)CCc2ccccc2)cc1. The molecule has 0 saturated carbocycles. The Labute approximate surface area is 163 Å². The van der Waals surface area contributed by atoms with Gasteiger partial charge in [0.25, 0.3) is 0 Å². The van der Waals surface area contributed by atoms with E-state index in [0.717, 1.165) is 25.1 Å². The fourth-order valence-corrected chi connectivity index (χ4v) is 3.05. The Morgan fingerprint density at radius 2 is 1.52 bits per heavy atom. The van der Waals surface area contributed by atoms with Crippen molar-refractivity contribution in [1.29, 1.82) is 0 Å². The number of para-hydroxylation sites is 1. The highest BCUT2D eigenvalue weighted by atomic mass is 16.5. The van der Waals surface area contributed by atoms with E-state index in [1.165, 1.54) is 22.3 Å². The summed E-state index contributed by atoms with van der Waals surface area (Å²) in [5, 5.41) is 3.64. The quantitative estimate of drug-likeness (QED) is 0.530. The molecule has 27 heavy (non-hydrogen) atoms. The first kappa shape index (κ1) is 19.2. The number of rotatable bonds is 9. The van der Waals surface area contributed by atoms with Crippen LogP contribution in [0.5, 0.6) is 5.75 Å². The highest BCUT2D eigenvalue weighted by Crippen LogP contribution is 2.20. The summed E-state index contributed by atoms with van der Waals surface area (Å²) < 4.78 is 6.08. The van der Waals surface area contributed by atoms with Crippen LogP contribution in [-0.2, 0) is 19.6 Å². The molecule has 0 aliphatic carbocycles. The van der Waals surface area contributed by atoms with Gasteiger partial charge in [0, 0.05) is 18.2 Å². The predicted octanol–water partition coefficient (Wildman–Crippen LogP) is 5.68. The van der Waals surface area contributed by atoms with Crippen LogP contribution in [0.4, 0.5) is 0 Å². The van der Waals surface area contributed by atoms with E-state index in [1.807, 2.05) is 6.07 Å². The van der Waals surface area contributed by atoms with Gasteiger partial charge in [0.1, 0.15) is 12.4 Å². The van der Waals surface area contributed by atoms with Gasteiger partial charge in [-0.3, -0.25) is 0 Å². The molecule has 0 heterocycles. The second kappa shape index (κ2) is 9.94. The van der Waals surface area contributed by atoms with Crippen LogP contribution in [0.3, 0.4) is 0 Å². The van der Waals surface area contributed by atoms with Crippen LogP contribution in [0.2, 0.25) is 0 Å². The molecule has 3 aromatic rings. The van der Waals surface area contributed by atoms with Crippen LogP contribution < -0.4 is 10.1 Å². The number of nitrogens with one attached hydrogen (secondary N) is 1. The van der Waals surface area contributed by atoms with E-state index in [-0.39, 0.29) is 0 Å². The smallest absolute Gasteiger partial charge is 0.124 e. The third-order valence-corrected chi connectivity index (χ3v) is 4.84. The minimum atomic E-state index is 0.454. The molecule has 0 radical (unpaired) electrons. The summed E-state index contributed by atoms with van der Waals surface area (Å²) in [6.07, 6.45) is 2.22. The lowest BCUT2D eigenvalue weighted by molar-refractivity contribution is 0.301. The van der Waals surface area contributed by atoms with Gasteiger partial charge in [0.05, 0.1) is 0 Å². The topological polar surface area (TPSA) is 21.3 Å². The second-order valence-electron chi connectivity index (χ2n) is 7.19. The lowest BCUT2D eigenvalue weighted by Gasteiger charge is -2.16. The molecule has 0 aromatic heterocycles. The average molecular weight is 360 g/mol. The van der Waals surface area contributed by atoms with Crippen LogP contribution in [-0.4, -0.2) is 6.04 Å². The molecule has 0 saturated heterocycles. The van der Waals surface area contributed by atoms with Crippen LogP contribution in [0.15, 0.2) is 78.9 Å². The molecular weight excluding hydrogens is 330 g/mol. The van der Waals surface area contributed by atoms with E-state index >= 15 is 0 Å². The van der Waals surface area contributed by atoms with E-state index in [4.69, 9.17) is 4.74 Å². The molecular formula is C25H29NO. The molecule has 2 heteroatoms. The third kappa shape index (κ3) is 6.26. The molecule has 0 unspecified atom stereocenters. The summed E-state index contributed by atoms with van der Waals surface area (Å²) in [4.78, 5) is 0. The molecule has 0 bridgehead atoms. The van der Waals surface area contributed by atoms with Crippen LogP contribution in [0.1, 0.15) is 35.6 Å². The van der Waals surface area contributed by atoms with Crippen molar-refractivity contribution in [2.24, 2.45) is 0 Å². The van der Waals surface area contributed by atoms with Crippen molar-refractivity contribution in [2.75, 3.05) is 0 Å². The Kier molecular flexibility index (Phi) is 7.06. The van der Waals surface area contributed by atoms with Crippen molar-refractivity contribution in [3.05, 3.63) is 101 Å². The molecule has 0 aliphatic heterocycles. The van der Waals surface area contributed by atoms with Gasteiger partial charge in [-0.15, -0.1) is 0 Å². The van der Waals surface area contributed by atoms with Gasteiger partial charge in [-0.2, -0.15) is 0 Å². The second-order valence-corrected chi connectivity index (χ2v) is 7.19. The van der Waals surface area contributed by atoms with Gasteiger partial charge >= 0.3 is 0 Å². The predicted molar refractivity (Wildman–Crippen MR) is 113 cm³/mol. The van der Waals surface area contributed by atoms with Gasteiger partial charge in [-0.25, -0.2) is 0 Å². The molecule has 0 spiro atoms. The Bertz CT molecular complexity index is 811. The minimum Gasteiger partial charge on any atom is -0.489 e. The Hall–Kier alpha value is -2.58. The molecule has 3 aromatic carbocycles. The highest BCUT2D eigenvalue weighted by molar-refractivity contribution is 5.33. The molecule has 0 amide bonds. The van der Waals surface area contributed by atoms with Crippen LogP contribution >= 0.6 is 0 Å². The number of ether oxygens (including phenoxy) is 1. The number of aryl methyl sites for hydroxylation is 2. The first-order valence-corrected chi connectivity index (χ1v) is 9.74. The molecule has 3 rings (SSSR count). The summed E-state index contributed by atoms with van der Waals surface area (Å²) in [5.41, 5.74) is 5.07. The molecule has 0 fully saturated rings. The number of benzene rings is 3. The number of hydrogen-bond donors (Lipinski definition) is 1. The normalized spacial score (nSPS) is 11.9. The van der Waals surface area contributed by atoms with Crippen molar-refractivity contribution in [3.63, 3.8) is 0 Å². The molecule has 140 valence electrons. The standard InChI is InChI=1S/C25H29NO/c1-20-12-15-23(16-13-20)19-27-25-11-7-6-10-24(25)18-26-21(2)14-17-22-8-4-3-5-9-22/h3-13,15-16,21,26H,14,17-19H2,1-2H3/t21-/m0/s1. The first-order chi connectivity index (χ1) is 13.2. The van der Waals surface area contributed by atoms with Gasteiger partial charge in [-0.1, -0.05) is 78.4 Å². The maximum Gasteiger partial charge on any atom is 0.124 e. The van der Waals surface area contributed by atoms with E-state index < -0.39 is 0 Å². The van der Waals surface area contributed by atoms with Crippen molar-refractivity contribution in [2.45, 2.75) is 45.9 Å². The van der Waals surface area contributed by atoms with Crippen molar-refractivity contribution >= 4 is 0 Å². The highest BCUT2D eigenvalue weighted by Gasteiger charge is 2.07. The maximum atomic E-state index is 6.08. The summed E-state index contributed by atoms with van der Waals surface area (Å²) in [5.74, 6) is 0.959. The molecule has 1 atom stereocenters. The van der Waals surface area contributed by atoms with E-state index in [9.17, 15) is 0 Å². The van der Waals surface area contributed by atoms with E-state index in [0.29, 0.717) is 12.6 Å². The fraction of sp³-hybridized carbons (Fsp3) is 0.280. The Morgan fingerprint density at radius 3 is 2.30 bits per heavy atom. The molecule has 0 aliphatic rings. The van der Waals surface area contributed by atoms with Crippen molar-refractivity contribution in [1.82, 2.24) is 5.32 Å².